The first kappa shape index (κ1) is 39.2. The maximum absolute atomic E-state index is 14.2. The highest BCUT2D eigenvalue weighted by molar-refractivity contribution is 8.00. The number of thioether (sulfide) groups is 1. The maximum atomic E-state index is 14.2. The van der Waals surface area contributed by atoms with Gasteiger partial charge in [0.25, 0.3) is 0 Å². The van der Waals surface area contributed by atoms with E-state index in [1.807, 2.05) is 6.92 Å². The minimum atomic E-state index is -1.67. The lowest BCUT2D eigenvalue weighted by Crippen LogP contribution is -2.56. The van der Waals surface area contributed by atoms with Gasteiger partial charge in [-0.15, -0.1) is 0 Å². The van der Waals surface area contributed by atoms with E-state index in [4.69, 9.17) is 28.4 Å². The molecule has 2 aliphatic carbocycles. The predicted octanol–water partition coefficient (Wildman–Crippen LogP) is 1.62. The summed E-state index contributed by atoms with van der Waals surface area (Å²) < 4.78 is 36.2. The number of hydrogen-bond donors (Lipinski definition) is 4. The van der Waals surface area contributed by atoms with Crippen LogP contribution in [0.25, 0.3) is 0 Å². The molecular weight excluding hydrogens is 751 g/mol. The third-order valence-corrected chi connectivity index (χ3v) is 13.2. The molecule has 2 aromatic rings. The van der Waals surface area contributed by atoms with Crippen LogP contribution in [0.3, 0.4) is 0 Å². The van der Waals surface area contributed by atoms with Gasteiger partial charge < -0.3 is 49.1 Å². The number of amides is 2. The highest BCUT2D eigenvalue weighted by Gasteiger charge is 2.55. The molecule has 4 fully saturated rings. The average molecular weight is 798 g/mol. The van der Waals surface area contributed by atoms with E-state index in [9.17, 15) is 34.5 Å². The summed E-state index contributed by atoms with van der Waals surface area (Å²) >= 11 is 1.33. The number of phenolic OH excluding ortho intramolecular Hbond substituents is 2. The molecule has 4 aliphatic heterocycles. The van der Waals surface area contributed by atoms with Crippen molar-refractivity contribution in [2.24, 2.45) is 0 Å². The van der Waals surface area contributed by atoms with Gasteiger partial charge >= 0.3 is 0 Å². The van der Waals surface area contributed by atoms with Crippen molar-refractivity contribution in [1.82, 2.24) is 15.1 Å². The predicted molar refractivity (Wildman–Crippen MR) is 198 cm³/mol. The molecule has 4 N–H and O–H groups in total. The van der Waals surface area contributed by atoms with Crippen LogP contribution in [0.4, 0.5) is 0 Å². The largest absolute Gasteiger partial charge is 0.507 e. The van der Waals surface area contributed by atoms with Crippen molar-refractivity contribution in [1.29, 1.82) is 0 Å². The molecule has 17 heteroatoms. The van der Waals surface area contributed by atoms with E-state index in [1.54, 1.807) is 26.4 Å². The molecule has 16 nitrogen and oxygen atoms in total. The van der Waals surface area contributed by atoms with Gasteiger partial charge in [-0.3, -0.25) is 29.0 Å². The van der Waals surface area contributed by atoms with Crippen molar-refractivity contribution in [3.05, 3.63) is 51.6 Å². The van der Waals surface area contributed by atoms with Gasteiger partial charge in [-0.1, -0.05) is 12.1 Å². The fraction of sp³-hybridized carbons (Fsp3) is 0.590. The number of fused-ring (bicyclic) bond motifs is 6. The van der Waals surface area contributed by atoms with Crippen molar-refractivity contribution in [2.75, 3.05) is 46.7 Å². The number of nitrogens with zero attached hydrogens (tertiary/aromatic N) is 2. The van der Waals surface area contributed by atoms with Crippen molar-refractivity contribution >= 4 is 35.1 Å². The van der Waals surface area contributed by atoms with Gasteiger partial charge in [-0.25, -0.2) is 0 Å². The number of morpholine rings is 1. The molecule has 2 unspecified atom stereocenters. The number of likely N-dealkylation sites (tertiary alicyclic amines) is 1. The zero-order valence-corrected chi connectivity index (χ0v) is 32.6. The molecule has 0 spiro atoms. The SMILES string of the molecule is COc1cccc2c1C(=O)c1c(O)c3c(c(O)c1C2=O)C[C@@](O)(C(C)NCCN1C(=O)CC(SC)C1=O)C[C@@H]3O[C@H]1C[C@H]2[C@H](O[C@@H]3[C@@H](OC)OCCN32)[C@H](C)O1. The Bertz CT molecular complexity index is 1960. The third-order valence-electron chi connectivity index (χ3n) is 12.3. The van der Waals surface area contributed by atoms with Gasteiger partial charge in [-0.2, -0.15) is 11.8 Å². The Labute approximate surface area is 327 Å². The summed E-state index contributed by atoms with van der Waals surface area (Å²) in [5, 5.41) is 39.4. The van der Waals surface area contributed by atoms with E-state index >= 15 is 0 Å². The van der Waals surface area contributed by atoms with Crippen molar-refractivity contribution in [2.45, 2.75) is 99.6 Å². The lowest BCUT2D eigenvalue weighted by atomic mass is 9.71. The summed E-state index contributed by atoms with van der Waals surface area (Å²) in [6.45, 7) is 4.90. The minimum Gasteiger partial charge on any atom is -0.507 e. The summed E-state index contributed by atoms with van der Waals surface area (Å²) in [7, 11) is 2.93. The number of ketones is 2. The number of imide groups is 1. The van der Waals surface area contributed by atoms with Gasteiger partial charge in [0.15, 0.2) is 24.6 Å². The molecule has 2 amide bonds. The lowest BCUT2D eigenvalue weighted by molar-refractivity contribution is -0.256. The maximum Gasteiger partial charge on any atom is 0.242 e. The highest BCUT2D eigenvalue weighted by Crippen LogP contribution is 2.53. The van der Waals surface area contributed by atoms with E-state index in [-0.39, 0.29) is 95.4 Å². The number of carbonyl (C=O) groups excluding carboxylic acids is 4. The molecule has 4 saturated heterocycles. The normalized spacial score (nSPS) is 33.1. The molecule has 0 saturated carbocycles. The Morgan fingerprint density at radius 1 is 1.07 bits per heavy atom. The Hall–Kier alpha value is -3.65. The van der Waals surface area contributed by atoms with Crippen LogP contribution < -0.4 is 10.1 Å². The lowest BCUT2D eigenvalue weighted by Gasteiger charge is -2.45. The number of nitrogens with one attached hydrogen (secondary N) is 1. The molecule has 0 aromatic heterocycles. The quantitative estimate of drug-likeness (QED) is 0.170. The zero-order chi connectivity index (χ0) is 39.8. The first-order valence-corrected chi connectivity index (χ1v) is 20.2. The van der Waals surface area contributed by atoms with Gasteiger partial charge in [0.1, 0.15) is 23.4 Å². The summed E-state index contributed by atoms with van der Waals surface area (Å²) in [5.41, 5.74) is -2.31. The standard InChI is InChI=1S/C39H47N3O13S/c1-17-35-21(41-11-12-52-38(51-4)37(41)55-35)13-26(53-17)54-23-16-39(49,18(2)40-9-10-42-25(43)14-24(56-5)36(42)48)15-20-28(23)34(47)30-29(32(20)45)31(44)19-7-6-8-22(50-3)27(19)33(30)46/h6-8,17-18,21,23-24,26,35,37-38,40,45,47,49H,9-16H2,1-5H3/t17-,18?,21-,23-,24?,26-,35+,37+,38-,39-/m0/s1. The number of rotatable bonds is 10. The number of ether oxygens (including phenoxy) is 6. The first-order chi connectivity index (χ1) is 26.8. The number of carbonyl (C=O) groups is 4. The van der Waals surface area contributed by atoms with Crippen LogP contribution in [0.2, 0.25) is 0 Å². The zero-order valence-electron chi connectivity index (χ0n) is 31.8. The number of phenols is 2. The molecular formula is C39H47N3O13S. The summed E-state index contributed by atoms with van der Waals surface area (Å²) in [6, 6.07) is 3.69. The topological polar surface area (TPSA) is 203 Å². The fourth-order valence-corrected chi connectivity index (χ4v) is 9.98. The Morgan fingerprint density at radius 2 is 1.84 bits per heavy atom. The van der Waals surface area contributed by atoms with Crippen LogP contribution in [0.1, 0.15) is 82.2 Å². The van der Waals surface area contributed by atoms with Crippen LogP contribution >= 0.6 is 11.8 Å². The highest BCUT2D eigenvalue weighted by atomic mass is 32.2. The van der Waals surface area contributed by atoms with E-state index in [1.165, 1.54) is 35.9 Å². The second-order valence-corrected chi connectivity index (χ2v) is 16.3. The number of benzene rings is 2. The van der Waals surface area contributed by atoms with Gasteiger partial charge in [-0.05, 0) is 26.2 Å². The summed E-state index contributed by atoms with van der Waals surface area (Å²) in [4.78, 5) is 56.9. The first-order valence-electron chi connectivity index (χ1n) is 18.9. The summed E-state index contributed by atoms with van der Waals surface area (Å²) in [5.74, 6) is -2.84. The van der Waals surface area contributed by atoms with Crippen LogP contribution in [-0.2, 0) is 39.7 Å². The second kappa shape index (κ2) is 14.9. The smallest absolute Gasteiger partial charge is 0.242 e. The number of aliphatic hydroxyl groups is 1. The minimum absolute atomic E-state index is 0.00943. The van der Waals surface area contributed by atoms with Gasteiger partial charge in [0.05, 0.1) is 53.5 Å². The van der Waals surface area contributed by atoms with E-state index in [0.717, 1.165) is 0 Å². The monoisotopic (exact) mass is 797 g/mol. The fourth-order valence-electron chi connectivity index (χ4n) is 9.34. The van der Waals surface area contributed by atoms with E-state index < -0.39 is 71.0 Å². The van der Waals surface area contributed by atoms with Gasteiger partial charge in [0, 0.05) is 81.2 Å². The van der Waals surface area contributed by atoms with E-state index in [2.05, 4.69) is 10.2 Å². The molecule has 0 bridgehead atoms. The number of hydrogen-bond acceptors (Lipinski definition) is 16. The molecule has 302 valence electrons. The van der Waals surface area contributed by atoms with E-state index in [0.29, 0.717) is 19.6 Å². The van der Waals surface area contributed by atoms with Crippen molar-refractivity contribution in [3.8, 4) is 17.2 Å². The average Bonchev–Trinajstić information content (AvgIpc) is 3.70. The molecule has 8 rings (SSSR count). The molecule has 2 aromatic carbocycles. The Morgan fingerprint density at radius 3 is 2.55 bits per heavy atom. The third kappa shape index (κ3) is 6.23. The number of methoxy groups -OCH3 is 2. The summed E-state index contributed by atoms with van der Waals surface area (Å²) in [6.07, 6.45) is -1.91. The second-order valence-electron chi connectivity index (χ2n) is 15.3. The van der Waals surface area contributed by atoms with Gasteiger partial charge in [0.2, 0.25) is 17.6 Å². The molecule has 6 aliphatic rings. The molecule has 56 heavy (non-hydrogen) atoms. The molecule has 10 atom stereocenters. The van der Waals surface area contributed by atoms with Crippen molar-refractivity contribution in [3.63, 3.8) is 0 Å². The Kier molecular flexibility index (Phi) is 10.5. The molecule has 4 heterocycles. The van der Waals surface area contributed by atoms with Crippen LogP contribution in [0, 0.1) is 0 Å². The number of aromatic hydroxyl groups is 2. The Balaban J connectivity index is 1.13. The van der Waals surface area contributed by atoms with Crippen LogP contribution in [-0.4, -0.2) is 149 Å². The van der Waals surface area contributed by atoms with Crippen LogP contribution in [0.15, 0.2) is 18.2 Å². The van der Waals surface area contributed by atoms with Crippen molar-refractivity contribution < 1.29 is 62.9 Å². The van der Waals surface area contributed by atoms with Crippen LogP contribution in [0.5, 0.6) is 17.2 Å². The molecule has 0 radical (unpaired) electrons.